The number of primary amides is 1. The highest BCUT2D eigenvalue weighted by molar-refractivity contribution is 7.09. The highest BCUT2D eigenvalue weighted by atomic mass is 32.1. The van der Waals surface area contributed by atoms with Crippen molar-refractivity contribution in [3.05, 3.63) is 16.1 Å². The van der Waals surface area contributed by atoms with Gasteiger partial charge in [0.15, 0.2) is 5.69 Å². The monoisotopic (exact) mass is 300 g/mol. The first kappa shape index (κ1) is 15.9. The summed E-state index contributed by atoms with van der Waals surface area (Å²) < 4.78 is 0. The minimum absolute atomic E-state index is 0.0412. The second kappa shape index (κ2) is 7.43. The van der Waals surface area contributed by atoms with Crippen LogP contribution in [0.15, 0.2) is 5.38 Å². The molecule has 3 amide bonds. The van der Waals surface area contributed by atoms with Crippen molar-refractivity contribution in [1.82, 2.24) is 15.6 Å². The average molecular weight is 300 g/mol. The van der Waals surface area contributed by atoms with Crippen LogP contribution in [0.25, 0.3) is 0 Å². The number of carboxylic acid groups (broad SMARTS) is 1. The number of aromatic nitrogens is 1. The molecule has 0 radical (unpaired) electrons. The summed E-state index contributed by atoms with van der Waals surface area (Å²) in [5, 5.41) is 15.9. The van der Waals surface area contributed by atoms with Gasteiger partial charge in [0, 0.05) is 18.3 Å². The number of hydrogen-bond donors (Lipinski definition) is 4. The Morgan fingerprint density at radius 2 is 2.20 bits per heavy atom. The van der Waals surface area contributed by atoms with Crippen LogP contribution in [0.1, 0.15) is 41.3 Å². The topological polar surface area (TPSA) is 134 Å². The maximum Gasteiger partial charge on any atom is 0.355 e. The third-order valence-corrected chi connectivity index (χ3v) is 3.37. The molecule has 0 aromatic carbocycles. The normalized spacial score (nSPS) is 11.7. The lowest BCUT2D eigenvalue weighted by Crippen LogP contribution is -2.37. The van der Waals surface area contributed by atoms with Gasteiger partial charge in [-0.25, -0.2) is 14.6 Å². The number of nitrogens with zero attached hydrogens (tertiary/aromatic N) is 1. The molecule has 0 aliphatic heterocycles. The lowest BCUT2D eigenvalue weighted by atomic mass is 10.3. The zero-order valence-corrected chi connectivity index (χ0v) is 11.7. The van der Waals surface area contributed by atoms with E-state index >= 15 is 0 Å². The summed E-state index contributed by atoms with van der Waals surface area (Å²) in [5.41, 5.74) is 4.93. The summed E-state index contributed by atoms with van der Waals surface area (Å²) in [6.45, 7) is 2.03. The van der Waals surface area contributed by atoms with E-state index in [-0.39, 0.29) is 12.1 Å². The number of nitrogens with one attached hydrogen (secondary N) is 2. The van der Waals surface area contributed by atoms with Crippen LogP contribution in [0.4, 0.5) is 4.79 Å². The van der Waals surface area contributed by atoms with Gasteiger partial charge < -0.3 is 21.5 Å². The van der Waals surface area contributed by atoms with Gasteiger partial charge in [0.25, 0.3) is 0 Å². The van der Waals surface area contributed by atoms with Crippen molar-refractivity contribution >= 4 is 29.2 Å². The number of amides is 3. The van der Waals surface area contributed by atoms with Crippen molar-refractivity contribution in [2.24, 2.45) is 5.73 Å². The van der Waals surface area contributed by atoms with E-state index in [1.165, 1.54) is 5.38 Å². The van der Waals surface area contributed by atoms with Crippen molar-refractivity contribution in [3.8, 4) is 0 Å². The Kier molecular flexibility index (Phi) is 5.91. The number of carbonyl (C=O) groups excluding carboxylic acids is 2. The van der Waals surface area contributed by atoms with E-state index in [1.807, 2.05) is 0 Å². The molecule has 1 aromatic rings. The Balaban J connectivity index is 2.36. The van der Waals surface area contributed by atoms with E-state index in [0.29, 0.717) is 18.0 Å². The van der Waals surface area contributed by atoms with Crippen LogP contribution < -0.4 is 16.4 Å². The van der Waals surface area contributed by atoms with Gasteiger partial charge in [-0.05, 0) is 13.3 Å². The van der Waals surface area contributed by atoms with Crippen LogP contribution in [0.2, 0.25) is 0 Å². The molecule has 20 heavy (non-hydrogen) atoms. The van der Waals surface area contributed by atoms with Crippen molar-refractivity contribution in [2.45, 2.75) is 25.8 Å². The summed E-state index contributed by atoms with van der Waals surface area (Å²) in [6.07, 6.45) is 0.682. The molecule has 0 spiro atoms. The molecule has 0 saturated heterocycles. The first-order valence-corrected chi connectivity index (χ1v) is 6.79. The zero-order chi connectivity index (χ0) is 15.1. The second-order valence-electron chi connectivity index (χ2n) is 4.07. The van der Waals surface area contributed by atoms with Crippen LogP contribution in [0.5, 0.6) is 0 Å². The molecule has 0 aliphatic rings. The van der Waals surface area contributed by atoms with E-state index < -0.39 is 23.9 Å². The molecule has 0 aliphatic carbocycles. The van der Waals surface area contributed by atoms with Crippen LogP contribution in [0, 0.1) is 0 Å². The fourth-order valence-electron chi connectivity index (χ4n) is 1.36. The highest BCUT2D eigenvalue weighted by Crippen LogP contribution is 2.17. The number of rotatable bonds is 7. The summed E-state index contributed by atoms with van der Waals surface area (Å²) in [5.74, 6) is -1.51. The van der Waals surface area contributed by atoms with Gasteiger partial charge in [-0.15, -0.1) is 11.3 Å². The number of aromatic carboxylic acids is 1. The lowest BCUT2D eigenvalue weighted by Gasteiger charge is -2.12. The van der Waals surface area contributed by atoms with Gasteiger partial charge in [0.2, 0.25) is 5.91 Å². The molecule has 1 atom stereocenters. The van der Waals surface area contributed by atoms with Crippen LogP contribution in [-0.2, 0) is 4.79 Å². The molecular formula is C11H16N4O4S. The van der Waals surface area contributed by atoms with Crippen molar-refractivity contribution in [3.63, 3.8) is 0 Å². The molecule has 0 bridgehead atoms. The number of thiazole rings is 1. The second-order valence-corrected chi connectivity index (χ2v) is 4.96. The summed E-state index contributed by atoms with van der Waals surface area (Å²) in [6, 6.07) is -0.807. The minimum Gasteiger partial charge on any atom is -0.476 e. The standard InChI is InChI=1S/C11H16N4O4S/c1-6(9-15-7(5-20-9)10(17)18)14-11(19)13-4-2-3-8(12)16/h5-6H,2-4H2,1H3,(H2,12,16)(H,17,18)(H2,13,14,19). The maximum absolute atomic E-state index is 11.5. The molecule has 1 unspecified atom stereocenters. The number of hydrogen-bond acceptors (Lipinski definition) is 5. The Bertz CT molecular complexity index is 502. The Hall–Kier alpha value is -2.16. The van der Waals surface area contributed by atoms with Gasteiger partial charge >= 0.3 is 12.0 Å². The third kappa shape index (κ3) is 5.22. The molecule has 0 fully saturated rings. The van der Waals surface area contributed by atoms with Gasteiger partial charge in [0.1, 0.15) is 5.01 Å². The molecule has 8 nitrogen and oxygen atoms in total. The predicted octanol–water partition coefficient (Wildman–Crippen LogP) is 0.467. The largest absolute Gasteiger partial charge is 0.476 e. The molecule has 0 saturated carbocycles. The molecule has 9 heteroatoms. The van der Waals surface area contributed by atoms with E-state index in [9.17, 15) is 14.4 Å². The number of carbonyl (C=O) groups is 3. The zero-order valence-electron chi connectivity index (χ0n) is 10.9. The molecule has 1 aromatic heterocycles. The van der Waals surface area contributed by atoms with E-state index in [0.717, 1.165) is 11.3 Å². The van der Waals surface area contributed by atoms with E-state index in [1.54, 1.807) is 6.92 Å². The lowest BCUT2D eigenvalue weighted by molar-refractivity contribution is -0.118. The first-order valence-electron chi connectivity index (χ1n) is 5.91. The Morgan fingerprint density at radius 3 is 2.75 bits per heavy atom. The molecule has 5 N–H and O–H groups in total. The van der Waals surface area contributed by atoms with Crippen LogP contribution in [-0.4, -0.2) is 34.5 Å². The van der Waals surface area contributed by atoms with Crippen LogP contribution >= 0.6 is 11.3 Å². The number of nitrogens with two attached hydrogens (primary N) is 1. The molecule has 1 rings (SSSR count). The number of carboxylic acids is 1. The smallest absolute Gasteiger partial charge is 0.355 e. The maximum atomic E-state index is 11.5. The summed E-state index contributed by atoms with van der Waals surface area (Å²) >= 11 is 1.16. The van der Waals surface area contributed by atoms with Crippen molar-refractivity contribution in [2.75, 3.05) is 6.54 Å². The van der Waals surface area contributed by atoms with E-state index in [2.05, 4.69) is 15.6 Å². The molecule has 1 heterocycles. The fraction of sp³-hybridized carbons (Fsp3) is 0.455. The van der Waals surface area contributed by atoms with Crippen molar-refractivity contribution in [1.29, 1.82) is 0 Å². The average Bonchev–Trinajstić information content (AvgIpc) is 2.84. The number of urea groups is 1. The summed E-state index contributed by atoms with van der Waals surface area (Å²) in [7, 11) is 0. The van der Waals surface area contributed by atoms with Gasteiger partial charge in [-0.3, -0.25) is 4.79 Å². The minimum atomic E-state index is -1.10. The Labute approximate surface area is 119 Å². The van der Waals surface area contributed by atoms with Crippen molar-refractivity contribution < 1.29 is 19.5 Å². The highest BCUT2D eigenvalue weighted by Gasteiger charge is 2.15. The predicted molar refractivity (Wildman–Crippen MR) is 72.5 cm³/mol. The van der Waals surface area contributed by atoms with Gasteiger partial charge in [0.05, 0.1) is 6.04 Å². The van der Waals surface area contributed by atoms with Crippen LogP contribution in [0.3, 0.4) is 0 Å². The molecule has 110 valence electrons. The SMILES string of the molecule is CC(NC(=O)NCCCC(N)=O)c1nc(C(=O)O)cs1. The van der Waals surface area contributed by atoms with Gasteiger partial charge in [-0.2, -0.15) is 0 Å². The van der Waals surface area contributed by atoms with E-state index in [4.69, 9.17) is 10.8 Å². The quantitative estimate of drug-likeness (QED) is 0.543. The third-order valence-electron chi connectivity index (χ3n) is 2.34. The first-order chi connectivity index (χ1) is 9.40. The Morgan fingerprint density at radius 1 is 1.50 bits per heavy atom. The van der Waals surface area contributed by atoms with Gasteiger partial charge in [-0.1, -0.05) is 0 Å². The molecular weight excluding hydrogens is 284 g/mol. The summed E-state index contributed by atoms with van der Waals surface area (Å²) in [4.78, 5) is 36.6. The fourth-order valence-corrected chi connectivity index (χ4v) is 2.16.